The van der Waals surface area contributed by atoms with Crippen molar-refractivity contribution in [3.63, 3.8) is 0 Å². The summed E-state index contributed by atoms with van der Waals surface area (Å²) in [6.07, 6.45) is 7.09. The maximum atomic E-state index is 13.9. The number of nitrogens with zero attached hydrogens (tertiary/aromatic N) is 3. The van der Waals surface area contributed by atoms with E-state index in [1.54, 1.807) is 52.9 Å². The van der Waals surface area contributed by atoms with Gasteiger partial charge >= 0.3 is 0 Å². The Morgan fingerprint density at radius 1 is 1.21 bits per heavy atom. The van der Waals surface area contributed by atoms with E-state index in [0.717, 1.165) is 21.2 Å². The lowest BCUT2D eigenvalue weighted by molar-refractivity contribution is 0.328. The molecule has 0 fully saturated rings. The molecule has 3 aromatic heterocycles. The largest absolute Gasteiger partial charge is 0.478 e. The van der Waals surface area contributed by atoms with Crippen LogP contribution in [0.1, 0.15) is 12.5 Å². The predicted octanol–water partition coefficient (Wildman–Crippen LogP) is 4.47. The van der Waals surface area contributed by atoms with Gasteiger partial charge in [-0.2, -0.15) is 4.98 Å². The van der Waals surface area contributed by atoms with Crippen LogP contribution in [0.5, 0.6) is 5.88 Å². The minimum atomic E-state index is -0.202. The summed E-state index contributed by atoms with van der Waals surface area (Å²) in [5.74, 6) is 0.463. The highest BCUT2D eigenvalue weighted by Crippen LogP contribution is 2.27. The van der Waals surface area contributed by atoms with Gasteiger partial charge in [-0.25, -0.2) is 4.98 Å². The molecule has 0 radical (unpaired) electrons. The molecule has 2 N–H and O–H groups in total. The normalized spacial score (nSPS) is 14.8. The van der Waals surface area contributed by atoms with Crippen LogP contribution in [-0.2, 0) is 0 Å². The Morgan fingerprint density at radius 3 is 2.91 bits per heavy atom. The zero-order valence-electron chi connectivity index (χ0n) is 18.1. The third kappa shape index (κ3) is 3.74. The molecule has 0 amide bonds. The molecule has 1 aliphatic rings. The second-order valence-electron chi connectivity index (χ2n) is 7.43. The Bertz CT molecular complexity index is 1560. The Kier molecular flexibility index (Phi) is 5.35. The lowest BCUT2D eigenvalue weighted by atomic mass is 9.95. The first kappa shape index (κ1) is 20.8. The molecule has 4 aromatic rings. The number of pyridine rings is 2. The van der Waals surface area contributed by atoms with Crippen molar-refractivity contribution < 1.29 is 4.74 Å². The summed E-state index contributed by atoms with van der Waals surface area (Å²) in [5.41, 5.74) is 5.96. The van der Waals surface area contributed by atoms with E-state index in [9.17, 15) is 4.79 Å². The van der Waals surface area contributed by atoms with Crippen molar-refractivity contribution in [3.8, 4) is 11.6 Å². The van der Waals surface area contributed by atoms with Gasteiger partial charge in [-0.3, -0.25) is 9.36 Å². The lowest BCUT2D eigenvalue weighted by Crippen LogP contribution is -2.23. The van der Waals surface area contributed by atoms with Gasteiger partial charge in [0.05, 0.1) is 33.7 Å². The molecule has 164 valence electrons. The highest BCUT2D eigenvalue weighted by molar-refractivity contribution is 7.16. The van der Waals surface area contributed by atoms with Gasteiger partial charge in [0.15, 0.2) is 5.65 Å². The van der Waals surface area contributed by atoms with Crippen LogP contribution in [0.15, 0.2) is 76.7 Å². The molecule has 8 heteroatoms. The Labute approximate surface area is 193 Å². The molecule has 3 heterocycles. The Hall–Kier alpha value is -4.04. The van der Waals surface area contributed by atoms with Crippen LogP contribution in [0.25, 0.3) is 32.5 Å². The average molecular weight is 456 g/mol. The van der Waals surface area contributed by atoms with Crippen molar-refractivity contribution in [1.82, 2.24) is 19.9 Å². The van der Waals surface area contributed by atoms with E-state index < -0.39 is 0 Å². The van der Waals surface area contributed by atoms with Crippen LogP contribution in [0.3, 0.4) is 0 Å². The predicted molar refractivity (Wildman–Crippen MR) is 134 cm³/mol. The standard InChI is InChI=1S/C25H21N5O2S/c1-3-32-23-9-5-16-11-19(15-4-7-20(26)17(10-15)13-27-2)25(31)30(24(16)29-23)18-6-8-22-21(12-18)28-14-33-22/h4-14,26-27H,3H2,1-2H3/b17-13-,26-20?. The van der Waals surface area contributed by atoms with Crippen molar-refractivity contribution in [2.45, 2.75) is 6.92 Å². The van der Waals surface area contributed by atoms with Crippen LogP contribution in [0.2, 0.25) is 0 Å². The average Bonchev–Trinajstić information content (AvgIpc) is 3.29. The van der Waals surface area contributed by atoms with Crippen LogP contribution in [-0.4, -0.2) is 33.9 Å². The molecule has 0 bridgehead atoms. The zero-order valence-corrected chi connectivity index (χ0v) is 18.9. The number of hydrogen-bond acceptors (Lipinski definition) is 7. The molecule has 5 rings (SSSR count). The quantitative estimate of drug-likeness (QED) is 0.463. The smallest absolute Gasteiger partial charge is 0.264 e. The maximum absolute atomic E-state index is 13.9. The van der Waals surface area contributed by atoms with Crippen molar-refractivity contribution in [1.29, 1.82) is 5.41 Å². The summed E-state index contributed by atoms with van der Waals surface area (Å²) in [4.78, 5) is 22.9. The van der Waals surface area contributed by atoms with Crippen molar-refractivity contribution >= 4 is 43.9 Å². The molecular weight excluding hydrogens is 434 g/mol. The van der Waals surface area contributed by atoms with E-state index in [0.29, 0.717) is 40.7 Å². The molecule has 0 atom stereocenters. The SMILES string of the molecule is CCOc1ccc2cc(C3=C/C(=C/NC)C(=N)C=C3)c(=O)n(-c3ccc4scnc4c3)c2n1. The first-order chi connectivity index (χ1) is 16.1. The van der Waals surface area contributed by atoms with Crippen LogP contribution < -0.4 is 15.6 Å². The minimum absolute atomic E-state index is 0.202. The molecule has 7 nitrogen and oxygen atoms in total. The monoisotopic (exact) mass is 455 g/mol. The molecule has 0 aliphatic heterocycles. The van der Waals surface area contributed by atoms with Gasteiger partial charge in [-0.15, -0.1) is 11.3 Å². The number of benzene rings is 1. The van der Waals surface area contributed by atoms with Gasteiger partial charge in [0.25, 0.3) is 5.56 Å². The molecule has 1 aliphatic carbocycles. The number of aromatic nitrogens is 3. The van der Waals surface area contributed by atoms with Crippen molar-refractivity contribution in [2.75, 3.05) is 13.7 Å². The van der Waals surface area contributed by atoms with Gasteiger partial charge in [0.2, 0.25) is 5.88 Å². The van der Waals surface area contributed by atoms with Crippen LogP contribution in [0.4, 0.5) is 0 Å². The number of thiazole rings is 1. The Balaban J connectivity index is 1.80. The van der Waals surface area contributed by atoms with Gasteiger partial charge in [0, 0.05) is 35.8 Å². The highest BCUT2D eigenvalue weighted by atomic mass is 32.1. The Morgan fingerprint density at radius 2 is 2.09 bits per heavy atom. The zero-order chi connectivity index (χ0) is 22.9. The van der Waals surface area contributed by atoms with Gasteiger partial charge in [-0.05, 0) is 55.0 Å². The molecule has 0 unspecified atom stereocenters. The number of ether oxygens (including phenoxy) is 1. The molecule has 1 aromatic carbocycles. The fraction of sp³-hybridized carbons (Fsp3) is 0.120. The summed E-state index contributed by atoms with van der Waals surface area (Å²) >= 11 is 1.55. The van der Waals surface area contributed by atoms with E-state index in [2.05, 4.69) is 15.3 Å². The van der Waals surface area contributed by atoms with Crippen LogP contribution in [0, 0.1) is 5.41 Å². The van der Waals surface area contributed by atoms with E-state index in [-0.39, 0.29) is 5.56 Å². The number of rotatable bonds is 5. The molecule has 33 heavy (non-hydrogen) atoms. The minimum Gasteiger partial charge on any atom is -0.478 e. The molecule has 0 saturated heterocycles. The number of nitrogens with one attached hydrogen (secondary N) is 2. The third-order valence-corrected chi connectivity index (χ3v) is 6.16. The second-order valence-corrected chi connectivity index (χ2v) is 8.32. The summed E-state index contributed by atoms with van der Waals surface area (Å²) in [6.45, 7) is 2.38. The summed E-state index contributed by atoms with van der Waals surface area (Å²) < 4.78 is 8.27. The van der Waals surface area contributed by atoms with E-state index in [1.165, 1.54) is 0 Å². The summed E-state index contributed by atoms with van der Waals surface area (Å²) in [7, 11) is 1.78. The van der Waals surface area contributed by atoms with E-state index in [4.69, 9.17) is 10.1 Å². The van der Waals surface area contributed by atoms with E-state index >= 15 is 0 Å². The summed E-state index contributed by atoms with van der Waals surface area (Å²) in [5, 5.41) is 11.9. The van der Waals surface area contributed by atoms with E-state index in [1.807, 2.05) is 43.3 Å². The van der Waals surface area contributed by atoms with Crippen molar-refractivity contribution in [3.05, 3.63) is 87.8 Å². The maximum Gasteiger partial charge on any atom is 0.264 e. The highest BCUT2D eigenvalue weighted by Gasteiger charge is 2.18. The lowest BCUT2D eigenvalue weighted by Gasteiger charge is -2.16. The first-order valence-corrected chi connectivity index (χ1v) is 11.4. The third-order valence-electron chi connectivity index (χ3n) is 5.35. The first-order valence-electron chi connectivity index (χ1n) is 10.5. The van der Waals surface area contributed by atoms with Gasteiger partial charge in [-0.1, -0.05) is 6.08 Å². The van der Waals surface area contributed by atoms with Gasteiger partial charge < -0.3 is 15.5 Å². The molecule has 0 saturated carbocycles. The fourth-order valence-corrected chi connectivity index (χ4v) is 4.49. The van der Waals surface area contributed by atoms with Crippen molar-refractivity contribution in [2.24, 2.45) is 0 Å². The fourth-order valence-electron chi connectivity index (χ4n) is 3.83. The van der Waals surface area contributed by atoms with Crippen LogP contribution >= 0.6 is 11.3 Å². The number of allylic oxidation sites excluding steroid dienone is 5. The number of hydrogen-bond donors (Lipinski definition) is 2. The molecular formula is C25H21N5O2S. The topological polar surface area (TPSA) is 92.9 Å². The second kappa shape index (κ2) is 8.48. The van der Waals surface area contributed by atoms with Gasteiger partial charge in [0.1, 0.15) is 0 Å². The molecule has 0 spiro atoms. The number of fused-ring (bicyclic) bond motifs is 2. The summed E-state index contributed by atoms with van der Waals surface area (Å²) in [6, 6.07) is 11.3.